The molecule has 2 saturated heterocycles. The van der Waals surface area contributed by atoms with Gasteiger partial charge >= 0.3 is 5.69 Å². The molecule has 3 aliphatic heterocycles. The maximum Gasteiger partial charge on any atom is 0.351 e. The van der Waals surface area contributed by atoms with Crippen molar-refractivity contribution in [3.63, 3.8) is 0 Å². The fourth-order valence-corrected chi connectivity index (χ4v) is 3.76. The minimum absolute atomic E-state index is 0.139. The van der Waals surface area contributed by atoms with E-state index in [0.29, 0.717) is 58.7 Å². The maximum absolute atomic E-state index is 12.5. The van der Waals surface area contributed by atoms with Crippen LogP contribution in [-0.2, 0) is 38.5 Å². The summed E-state index contributed by atoms with van der Waals surface area (Å²) < 4.78 is 29.4. The number of benzene rings is 1. The Hall–Kier alpha value is -2.26. The van der Waals surface area contributed by atoms with Crippen molar-refractivity contribution in [3.8, 4) is 17.1 Å². The SMILES string of the molecule is O=c1nc(OC[C@@H]2COCCO2)cc2n1CCc1cc(COC3COC3)ccc1-2. The van der Waals surface area contributed by atoms with Crippen molar-refractivity contribution in [2.45, 2.75) is 31.8 Å². The van der Waals surface area contributed by atoms with Crippen molar-refractivity contribution in [2.75, 3.05) is 39.6 Å². The van der Waals surface area contributed by atoms with E-state index >= 15 is 0 Å². The lowest BCUT2D eigenvalue weighted by Crippen LogP contribution is -2.35. The van der Waals surface area contributed by atoms with Gasteiger partial charge in [0, 0.05) is 18.2 Å². The molecule has 154 valence electrons. The lowest BCUT2D eigenvalue weighted by molar-refractivity contribution is -0.135. The van der Waals surface area contributed by atoms with E-state index in [1.165, 1.54) is 5.56 Å². The van der Waals surface area contributed by atoms with E-state index in [9.17, 15) is 4.79 Å². The minimum Gasteiger partial charge on any atom is -0.475 e. The van der Waals surface area contributed by atoms with Gasteiger partial charge in [-0.15, -0.1) is 0 Å². The van der Waals surface area contributed by atoms with Crippen LogP contribution >= 0.6 is 0 Å². The molecule has 1 aromatic carbocycles. The predicted octanol–water partition coefficient (Wildman–Crippen LogP) is 1.18. The molecule has 5 rings (SSSR count). The van der Waals surface area contributed by atoms with E-state index in [1.807, 2.05) is 12.1 Å². The Labute approximate surface area is 168 Å². The molecule has 8 heteroatoms. The van der Waals surface area contributed by atoms with Crippen LogP contribution in [0.4, 0.5) is 0 Å². The molecule has 4 heterocycles. The monoisotopic (exact) mass is 400 g/mol. The van der Waals surface area contributed by atoms with Crippen LogP contribution < -0.4 is 10.4 Å². The van der Waals surface area contributed by atoms with Crippen LogP contribution in [0.15, 0.2) is 29.1 Å². The summed E-state index contributed by atoms with van der Waals surface area (Å²) in [5, 5.41) is 0. The highest BCUT2D eigenvalue weighted by atomic mass is 16.6. The van der Waals surface area contributed by atoms with Gasteiger partial charge in [-0.05, 0) is 17.5 Å². The molecule has 2 aromatic rings. The first-order valence-electron chi connectivity index (χ1n) is 10.0. The fourth-order valence-electron chi connectivity index (χ4n) is 3.76. The largest absolute Gasteiger partial charge is 0.475 e. The summed E-state index contributed by atoms with van der Waals surface area (Å²) in [6.45, 7) is 4.49. The van der Waals surface area contributed by atoms with E-state index in [2.05, 4.69) is 17.1 Å². The standard InChI is InChI=1S/C21H24N2O6/c24-21-22-20(29-13-17-10-25-5-6-27-17)8-19-18-2-1-14(9-28-16-11-26-12-16)7-15(18)3-4-23(19)21/h1-2,7-8,16-17H,3-6,9-13H2/t17-/m0/s1. The van der Waals surface area contributed by atoms with Crippen molar-refractivity contribution in [2.24, 2.45) is 0 Å². The van der Waals surface area contributed by atoms with Gasteiger partial charge in [-0.1, -0.05) is 18.2 Å². The minimum atomic E-state index is -0.290. The molecule has 8 nitrogen and oxygen atoms in total. The van der Waals surface area contributed by atoms with E-state index < -0.39 is 0 Å². The number of fused-ring (bicyclic) bond motifs is 3. The van der Waals surface area contributed by atoms with Crippen LogP contribution in [0.3, 0.4) is 0 Å². The lowest BCUT2D eigenvalue weighted by atomic mass is 9.96. The van der Waals surface area contributed by atoms with Gasteiger partial charge in [-0.25, -0.2) is 4.79 Å². The summed E-state index contributed by atoms with van der Waals surface area (Å²) in [7, 11) is 0. The molecule has 29 heavy (non-hydrogen) atoms. The molecule has 0 N–H and O–H groups in total. The average Bonchev–Trinajstić information content (AvgIpc) is 2.71. The highest BCUT2D eigenvalue weighted by molar-refractivity contribution is 5.67. The van der Waals surface area contributed by atoms with Crippen LogP contribution in [0.5, 0.6) is 5.88 Å². The normalized spacial score (nSPS) is 21.2. The zero-order chi connectivity index (χ0) is 19.6. The first-order valence-corrected chi connectivity index (χ1v) is 10.0. The predicted molar refractivity (Wildman–Crippen MR) is 103 cm³/mol. The fraction of sp³-hybridized carbons (Fsp3) is 0.524. The van der Waals surface area contributed by atoms with Crippen LogP contribution in [-0.4, -0.2) is 61.4 Å². The number of aryl methyl sites for hydroxylation is 1. The summed E-state index contributed by atoms with van der Waals surface area (Å²) in [5.41, 5.74) is 3.92. The van der Waals surface area contributed by atoms with Gasteiger partial charge in [0.1, 0.15) is 18.8 Å². The van der Waals surface area contributed by atoms with Gasteiger partial charge in [-0.2, -0.15) is 4.98 Å². The number of nitrogens with zero attached hydrogens (tertiary/aromatic N) is 2. The molecule has 3 aliphatic rings. The highest BCUT2D eigenvalue weighted by Gasteiger charge is 2.22. The lowest BCUT2D eigenvalue weighted by Gasteiger charge is -2.26. The Morgan fingerprint density at radius 3 is 2.86 bits per heavy atom. The van der Waals surface area contributed by atoms with Gasteiger partial charge in [0.2, 0.25) is 5.88 Å². The first-order chi connectivity index (χ1) is 14.3. The number of hydrogen-bond donors (Lipinski definition) is 0. The van der Waals surface area contributed by atoms with Crippen LogP contribution in [0, 0.1) is 0 Å². The maximum atomic E-state index is 12.5. The smallest absolute Gasteiger partial charge is 0.351 e. The van der Waals surface area contributed by atoms with Crippen LogP contribution in [0.1, 0.15) is 11.1 Å². The zero-order valence-corrected chi connectivity index (χ0v) is 16.2. The second kappa shape index (κ2) is 8.23. The third-order valence-electron chi connectivity index (χ3n) is 5.43. The molecule has 2 fully saturated rings. The Morgan fingerprint density at radius 2 is 2.07 bits per heavy atom. The summed E-state index contributed by atoms with van der Waals surface area (Å²) in [6.07, 6.45) is 0.854. The molecule has 0 spiro atoms. The van der Waals surface area contributed by atoms with Crippen molar-refractivity contribution in [1.29, 1.82) is 0 Å². The average molecular weight is 400 g/mol. The Kier molecular flexibility index (Phi) is 5.32. The van der Waals surface area contributed by atoms with E-state index in [4.69, 9.17) is 23.7 Å². The molecule has 0 amide bonds. The second-order valence-corrected chi connectivity index (χ2v) is 7.50. The molecule has 0 bridgehead atoms. The molecular weight excluding hydrogens is 376 g/mol. The number of hydrogen-bond acceptors (Lipinski definition) is 7. The van der Waals surface area contributed by atoms with Crippen molar-refractivity contribution >= 4 is 0 Å². The van der Waals surface area contributed by atoms with E-state index in [-0.39, 0.29) is 17.9 Å². The van der Waals surface area contributed by atoms with E-state index in [0.717, 1.165) is 23.2 Å². The van der Waals surface area contributed by atoms with Gasteiger partial charge in [0.15, 0.2) is 0 Å². The van der Waals surface area contributed by atoms with Crippen molar-refractivity contribution < 1.29 is 23.7 Å². The molecule has 1 aromatic heterocycles. The number of aromatic nitrogens is 2. The van der Waals surface area contributed by atoms with E-state index in [1.54, 1.807) is 4.57 Å². The van der Waals surface area contributed by atoms with Gasteiger partial charge < -0.3 is 23.7 Å². The Morgan fingerprint density at radius 1 is 1.14 bits per heavy atom. The molecule has 0 aliphatic carbocycles. The number of rotatable bonds is 6. The summed E-state index contributed by atoms with van der Waals surface area (Å²) in [5.74, 6) is 0.320. The third kappa shape index (κ3) is 4.06. The quantitative estimate of drug-likeness (QED) is 0.720. The summed E-state index contributed by atoms with van der Waals surface area (Å²) in [4.78, 5) is 16.6. The van der Waals surface area contributed by atoms with Crippen molar-refractivity contribution in [3.05, 3.63) is 45.9 Å². The third-order valence-corrected chi connectivity index (χ3v) is 5.43. The van der Waals surface area contributed by atoms with Crippen LogP contribution in [0.25, 0.3) is 11.3 Å². The number of ether oxygens (including phenoxy) is 5. The zero-order valence-electron chi connectivity index (χ0n) is 16.2. The van der Waals surface area contributed by atoms with Crippen molar-refractivity contribution in [1.82, 2.24) is 9.55 Å². The van der Waals surface area contributed by atoms with Gasteiger partial charge in [0.25, 0.3) is 0 Å². The van der Waals surface area contributed by atoms with Gasteiger partial charge in [0.05, 0.1) is 45.3 Å². The summed E-state index contributed by atoms with van der Waals surface area (Å²) >= 11 is 0. The first kappa shape index (κ1) is 18.7. The molecule has 1 atom stereocenters. The Balaban J connectivity index is 1.34. The highest BCUT2D eigenvalue weighted by Crippen LogP contribution is 2.30. The molecule has 0 unspecified atom stereocenters. The molecular formula is C21H24N2O6. The Bertz CT molecular complexity index is 933. The summed E-state index contributed by atoms with van der Waals surface area (Å²) in [6, 6.07) is 8.10. The topological polar surface area (TPSA) is 81.0 Å². The molecule has 0 radical (unpaired) electrons. The second-order valence-electron chi connectivity index (χ2n) is 7.50. The van der Waals surface area contributed by atoms with Gasteiger partial charge in [-0.3, -0.25) is 4.57 Å². The van der Waals surface area contributed by atoms with Crippen LogP contribution in [0.2, 0.25) is 0 Å². The molecule has 0 saturated carbocycles.